The van der Waals surface area contributed by atoms with Crippen LogP contribution in [0.1, 0.15) is 26.2 Å². The normalized spacial score (nSPS) is 18.1. The van der Waals surface area contributed by atoms with E-state index in [-0.39, 0.29) is 0 Å². The van der Waals surface area contributed by atoms with Crippen molar-refractivity contribution in [3.8, 4) is 0 Å². The molecular weight excluding hydrogens is 290 g/mol. The second-order valence-electron chi connectivity index (χ2n) is 5.28. The number of rotatable bonds is 7. The fourth-order valence-electron chi connectivity index (χ4n) is 2.55. The van der Waals surface area contributed by atoms with E-state index in [1.54, 1.807) is 0 Å². The van der Waals surface area contributed by atoms with Crippen LogP contribution in [0.3, 0.4) is 0 Å². The zero-order chi connectivity index (χ0) is 14.2. The molecule has 0 spiro atoms. The first kappa shape index (κ1) is 16.2. The molecule has 20 heavy (non-hydrogen) atoms. The second kappa shape index (κ2) is 8.93. The molecule has 1 saturated heterocycles. The smallest absolute Gasteiger partial charge is 0.0469 e. The fraction of sp³-hybridized carbons (Fsp3) is 0.625. The van der Waals surface area contributed by atoms with E-state index in [2.05, 4.69) is 18.3 Å². The van der Waals surface area contributed by atoms with E-state index in [0.717, 1.165) is 36.5 Å². The molecule has 1 aliphatic heterocycles. The number of ether oxygens (including phenoxy) is 1. The van der Waals surface area contributed by atoms with Crippen LogP contribution in [-0.4, -0.2) is 31.6 Å². The highest BCUT2D eigenvalue weighted by atomic mass is 35.5. The van der Waals surface area contributed by atoms with Gasteiger partial charge in [0.15, 0.2) is 0 Å². The van der Waals surface area contributed by atoms with Gasteiger partial charge in [-0.05, 0) is 49.9 Å². The average molecular weight is 314 g/mol. The van der Waals surface area contributed by atoms with E-state index in [9.17, 15) is 0 Å². The summed E-state index contributed by atoms with van der Waals surface area (Å²) in [6.45, 7) is 5.14. The van der Waals surface area contributed by atoms with Gasteiger partial charge in [-0.1, -0.05) is 24.6 Å². The lowest BCUT2D eigenvalue weighted by atomic mass is 9.93. The Kier molecular flexibility index (Phi) is 7.22. The van der Waals surface area contributed by atoms with Gasteiger partial charge < -0.3 is 10.1 Å². The Morgan fingerprint density at radius 2 is 2.20 bits per heavy atom. The molecule has 1 fully saturated rings. The van der Waals surface area contributed by atoms with Gasteiger partial charge in [-0.25, -0.2) is 0 Å². The summed E-state index contributed by atoms with van der Waals surface area (Å²) in [6.07, 6.45) is 3.54. The van der Waals surface area contributed by atoms with E-state index in [0.29, 0.717) is 6.04 Å². The van der Waals surface area contributed by atoms with E-state index in [1.807, 2.05) is 30.0 Å². The Balaban J connectivity index is 1.89. The van der Waals surface area contributed by atoms with Gasteiger partial charge in [0.05, 0.1) is 0 Å². The first-order chi connectivity index (χ1) is 9.79. The van der Waals surface area contributed by atoms with Gasteiger partial charge in [0.25, 0.3) is 0 Å². The minimum Gasteiger partial charge on any atom is -0.381 e. The molecule has 0 radical (unpaired) electrons. The van der Waals surface area contributed by atoms with Crippen molar-refractivity contribution in [1.29, 1.82) is 0 Å². The molecule has 112 valence electrons. The molecule has 1 heterocycles. The molecule has 1 atom stereocenters. The lowest BCUT2D eigenvalue weighted by Gasteiger charge is -2.31. The van der Waals surface area contributed by atoms with Crippen LogP contribution in [0.4, 0.5) is 0 Å². The molecule has 0 bridgehead atoms. The summed E-state index contributed by atoms with van der Waals surface area (Å²) >= 11 is 7.95. The van der Waals surface area contributed by atoms with Crippen molar-refractivity contribution >= 4 is 23.4 Å². The third kappa shape index (κ3) is 5.28. The number of nitrogens with one attached hydrogen (secondary N) is 1. The first-order valence-electron chi connectivity index (χ1n) is 7.49. The lowest BCUT2D eigenvalue weighted by Crippen LogP contribution is -2.41. The zero-order valence-corrected chi connectivity index (χ0v) is 13.7. The van der Waals surface area contributed by atoms with Crippen molar-refractivity contribution in [3.05, 3.63) is 29.3 Å². The zero-order valence-electron chi connectivity index (χ0n) is 12.1. The molecule has 4 heteroatoms. The molecule has 2 nitrogen and oxygen atoms in total. The van der Waals surface area contributed by atoms with E-state index < -0.39 is 0 Å². The largest absolute Gasteiger partial charge is 0.381 e. The van der Waals surface area contributed by atoms with Crippen LogP contribution in [-0.2, 0) is 4.74 Å². The van der Waals surface area contributed by atoms with Gasteiger partial charge in [-0.15, -0.1) is 11.8 Å². The fourth-order valence-corrected chi connectivity index (χ4v) is 3.95. The van der Waals surface area contributed by atoms with Crippen molar-refractivity contribution in [2.75, 3.05) is 25.5 Å². The highest BCUT2D eigenvalue weighted by molar-refractivity contribution is 7.99. The molecule has 1 aromatic rings. The molecule has 2 rings (SSSR count). The van der Waals surface area contributed by atoms with Gasteiger partial charge in [-0.2, -0.15) is 0 Å². The van der Waals surface area contributed by atoms with Crippen LogP contribution < -0.4 is 5.32 Å². The maximum atomic E-state index is 6.05. The SMILES string of the molecule is CCCNC(CSc1cccc(Cl)c1)C1CCOCC1. The Morgan fingerprint density at radius 1 is 1.40 bits per heavy atom. The molecule has 1 aliphatic rings. The summed E-state index contributed by atoms with van der Waals surface area (Å²) in [7, 11) is 0. The maximum absolute atomic E-state index is 6.05. The number of hydrogen-bond acceptors (Lipinski definition) is 3. The molecule has 0 amide bonds. The van der Waals surface area contributed by atoms with E-state index >= 15 is 0 Å². The topological polar surface area (TPSA) is 21.3 Å². The number of benzene rings is 1. The van der Waals surface area contributed by atoms with Crippen molar-refractivity contribution in [2.45, 2.75) is 37.1 Å². The van der Waals surface area contributed by atoms with Crippen LogP contribution in [0.25, 0.3) is 0 Å². The monoisotopic (exact) mass is 313 g/mol. The van der Waals surface area contributed by atoms with Crippen LogP contribution in [0.15, 0.2) is 29.2 Å². The molecule has 1 aromatic carbocycles. The summed E-state index contributed by atoms with van der Waals surface area (Å²) in [5.74, 6) is 1.84. The van der Waals surface area contributed by atoms with Gasteiger partial charge in [0.2, 0.25) is 0 Å². The second-order valence-corrected chi connectivity index (χ2v) is 6.81. The lowest BCUT2D eigenvalue weighted by molar-refractivity contribution is 0.0566. The van der Waals surface area contributed by atoms with Gasteiger partial charge in [-0.3, -0.25) is 0 Å². The quantitative estimate of drug-likeness (QED) is 0.761. The molecule has 1 N–H and O–H groups in total. The highest BCUT2D eigenvalue weighted by Crippen LogP contribution is 2.27. The number of halogens is 1. The first-order valence-corrected chi connectivity index (χ1v) is 8.85. The number of hydrogen-bond donors (Lipinski definition) is 1. The van der Waals surface area contributed by atoms with Crippen molar-refractivity contribution in [2.24, 2.45) is 5.92 Å². The minimum absolute atomic E-state index is 0.572. The van der Waals surface area contributed by atoms with Crippen LogP contribution in [0.2, 0.25) is 5.02 Å². The summed E-state index contributed by atoms with van der Waals surface area (Å²) in [6, 6.07) is 8.71. The highest BCUT2D eigenvalue weighted by Gasteiger charge is 2.23. The summed E-state index contributed by atoms with van der Waals surface area (Å²) in [5.41, 5.74) is 0. The van der Waals surface area contributed by atoms with Gasteiger partial charge in [0, 0.05) is 34.9 Å². The van der Waals surface area contributed by atoms with E-state index in [1.165, 1.54) is 24.2 Å². The third-order valence-electron chi connectivity index (χ3n) is 3.72. The summed E-state index contributed by atoms with van der Waals surface area (Å²) < 4.78 is 5.48. The molecule has 0 aliphatic carbocycles. The van der Waals surface area contributed by atoms with Crippen molar-refractivity contribution in [3.63, 3.8) is 0 Å². The van der Waals surface area contributed by atoms with Crippen molar-refractivity contribution < 1.29 is 4.74 Å². The van der Waals surface area contributed by atoms with Gasteiger partial charge >= 0.3 is 0 Å². The van der Waals surface area contributed by atoms with Crippen molar-refractivity contribution in [1.82, 2.24) is 5.32 Å². The Labute approximate surface area is 131 Å². The van der Waals surface area contributed by atoms with Crippen LogP contribution in [0, 0.1) is 5.92 Å². The minimum atomic E-state index is 0.572. The molecule has 1 unspecified atom stereocenters. The molecule has 0 aromatic heterocycles. The Morgan fingerprint density at radius 3 is 2.90 bits per heavy atom. The van der Waals surface area contributed by atoms with E-state index in [4.69, 9.17) is 16.3 Å². The predicted molar refractivity (Wildman–Crippen MR) is 87.8 cm³/mol. The third-order valence-corrected chi connectivity index (χ3v) is 5.07. The van der Waals surface area contributed by atoms with Crippen LogP contribution >= 0.6 is 23.4 Å². The van der Waals surface area contributed by atoms with Crippen LogP contribution in [0.5, 0.6) is 0 Å². The summed E-state index contributed by atoms with van der Waals surface area (Å²) in [4.78, 5) is 1.26. The summed E-state index contributed by atoms with van der Waals surface area (Å²) in [5, 5.41) is 4.53. The molecule has 0 saturated carbocycles. The number of thioether (sulfide) groups is 1. The standard InChI is InChI=1S/C16H24ClNOS/c1-2-8-18-16(13-6-9-19-10-7-13)12-20-15-5-3-4-14(17)11-15/h3-5,11,13,16,18H,2,6-10,12H2,1H3. The molecular formula is C16H24ClNOS. The Hall–Kier alpha value is -0.220. The maximum Gasteiger partial charge on any atom is 0.0469 e. The Bertz CT molecular complexity index is 396. The predicted octanol–water partition coefficient (Wildman–Crippen LogP) is 4.23. The average Bonchev–Trinajstić information content (AvgIpc) is 2.48. The van der Waals surface area contributed by atoms with Gasteiger partial charge in [0.1, 0.15) is 0 Å².